The highest BCUT2D eigenvalue weighted by Gasteiger charge is 2.54. The fourth-order valence-electron chi connectivity index (χ4n) is 4.48. The van der Waals surface area contributed by atoms with Crippen LogP contribution in [0.15, 0.2) is 51.1 Å². The fraction of sp³-hybridized carbons (Fsp3) is 0.346. The highest BCUT2D eigenvalue weighted by molar-refractivity contribution is 8.01. The van der Waals surface area contributed by atoms with Gasteiger partial charge in [0.05, 0.1) is 12.8 Å². The summed E-state index contributed by atoms with van der Waals surface area (Å²) in [5.41, 5.74) is 1.15. The van der Waals surface area contributed by atoms with Crippen molar-refractivity contribution in [2.45, 2.75) is 29.2 Å². The number of nitrogens with one attached hydrogen (secondary N) is 3. The quantitative estimate of drug-likeness (QED) is 0.115. The van der Waals surface area contributed by atoms with Crippen LogP contribution in [0.4, 0.5) is 4.79 Å². The second-order valence-corrected chi connectivity index (χ2v) is 13.0. The van der Waals surface area contributed by atoms with Crippen LogP contribution in [0.5, 0.6) is 5.75 Å². The smallest absolute Gasteiger partial charge is 0.408 e. The van der Waals surface area contributed by atoms with Crippen LogP contribution in [0.2, 0.25) is 0 Å². The minimum absolute atomic E-state index is 0.116. The van der Waals surface area contributed by atoms with E-state index in [2.05, 4.69) is 36.1 Å². The number of H-pyrrole nitrogens is 1. The number of aliphatic carboxylic acids is 1. The van der Waals surface area contributed by atoms with Gasteiger partial charge >= 0.3 is 12.1 Å². The summed E-state index contributed by atoms with van der Waals surface area (Å²) < 4.78 is 11.9. The molecule has 0 aliphatic carbocycles. The molecule has 4 heterocycles. The number of fused-ring (bicyclic) bond motifs is 1. The van der Waals surface area contributed by atoms with Gasteiger partial charge < -0.3 is 30.2 Å². The van der Waals surface area contributed by atoms with Crippen molar-refractivity contribution < 1.29 is 38.6 Å². The third-order valence-electron chi connectivity index (χ3n) is 6.76. The van der Waals surface area contributed by atoms with Crippen LogP contribution < -0.4 is 20.2 Å². The van der Waals surface area contributed by atoms with Crippen molar-refractivity contribution >= 4 is 76.2 Å². The van der Waals surface area contributed by atoms with Crippen molar-refractivity contribution in [3.05, 3.63) is 57.0 Å². The van der Waals surface area contributed by atoms with Crippen molar-refractivity contribution in [3.8, 4) is 5.75 Å². The number of hydrogen-bond donors (Lipinski definition) is 4. The van der Waals surface area contributed by atoms with Crippen LogP contribution in [0.25, 0.3) is 0 Å². The molecule has 0 saturated carbocycles. The highest BCUT2D eigenvalue weighted by Crippen LogP contribution is 2.41. The molecule has 21 heteroatoms. The maximum absolute atomic E-state index is 13.6. The van der Waals surface area contributed by atoms with Crippen LogP contribution in [-0.2, 0) is 37.6 Å². The number of thiazole rings is 1. The zero-order valence-electron chi connectivity index (χ0n) is 24.5. The number of aryl methyl sites for hydroxylation is 1. The number of carboxylic acids is 1. The van der Waals surface area contributed by atoms with Crippen molar-refractivity contribution in [1.29, 1.82) is 0 Å². The molecule has 3 aromatic rings. The predicted octanol–water partition coefficient (Wildman–Crippen LogP) is 0.773. The molecular formula is C26H26ClN9O8S3. The van der Waals surface area contributed by atoms with Crippen molar-refractivity contribution in [2.75, 3.05) is 24.5 Å². The van der Waals surface area contributed by atoms with E-state index < -0.39 is 47.2 Å². The maximum Gasteiger partial charge on any atom is 0.408 e. The van der Waals surface area contributed by atoms with E-state index in [0.29, 0.717) is 22.0 Å². The molecular weight excluding hydrogens is 698 g/mol. The topological polar surface area (TPSA) is 223 Å². The molecule has 2 aromatic heterocycles. The molecule has 1 saturated heterocycles. The monoisotopic (exact) mass is 723 g/mol. The average molecular weight is 724 g/mol. The third kappa shape index (κ3) is 7.77. The first kappa shape index (κ1) is 33.9. The number of alkyl halides is 1. The molecule has 1 fully saturated rings. The number of alkyl carbamates (subject to hydrolysis) is 1. The second-order valence-electron chi connectivity index (χ2n) is 9.79. The number of benzene rings is 1. The molecule has 2 aliphatic rings. The zero-order chi connectivity index (χ0) is 33.7. The normalized spacial score (nSPS) is 18.2. The van der Waals surface area contributed by atoms with Gasteiger partial charge in [0.2, 0.25) is 11.1 Å². The number of amides is 4. The van der Waals surface area contributed by atoms with Gasteiger partial charge in [-0.3, -0.25) is 19.3 Å². The lowest BCUT2D eigenvalue weighted by Crippen LogP contribution is -2.71. The summed E-state index contributed by atoms with van der Waals surface area (Å²) in [4.78, 5) is 71.6. The molecule has 248 valence electrons. The lowest BCUT2D eigenvalue weighted by molar-refractivity contribution is -0.151. The molecule has 0 bridgehead atoms. The number of ether oxygens (including phenoxy) is 2. The Morgan fingerprint density at radius 1 is 1.28 bits per heavy atom. The number of β-lactam (4-membered cyclic amide) rings is 1. The molecule has 0 spiro atoms. The van der Waals surface area contributed by atoms with Crippen LogP contribution in [0.3, 0.4) is 0 Å². The predicted molar refractivity (Wildman–Crippen MR) is 168 cm³/mol. The van der Waals surface area contributed by atoms with E-state index in [0.717, 1.165) is 16.2 Å². The van der Waals surface area contributed by atoms with Crippen LogP contribution in [0, 0.1) is 0 Å². The van der Waals surface area contributed by atoms with Gasteiger partial charge in [-0.1, -0.05) is 23.9 Å². The maximum atomic E-state index is 13.6. The number of carbonyl (C=O) groups is 5. The van der Waals surface area contributed by atoms with Gasteiger partial charge in [0, 0.05) is 23.9 Å². The molecule has 4 N–H and O–H groups in total. The van der Waals surface area contributed by atoms with Crippen molar-refractivity contribution in [2.24, 2.45) is 12.0 Å². The second kappa shape index (κ2) is 15.0. The van der Waals surface area contributed by atoms with E-state index in [9.17, 15) is 29.1 Å². The Labute approximate surface area is 283 Å². The first-order valence-corrected chi connectivity index (χ1v) is 17.0. The fourth-order valence-corrected chi connectivity index (χ4v) is 7.64. The van der Waals surface area contributed by atoms with E-state index in [-0.39, 0.29) is 40.2 Å². The van der Waals surface area contributed by atoms with Gasteiger partial charge in [-0.2, -0.15) is 4.99 Å². The summed E-state index contributed by atoms with van der Waals surface area (Å²) in [5.74, 6) is -2.54. The average Bonchev–Trinajstić information content (AvgIpc) is 3.71. The zero-order valence-corrected chi connectivity index (χ0v) is 27.7. The van der Waals surface area contributed by atoms with Gasteiger partial charge in [0.1, 0.15) is 35.3 Å². The molecule has 3 atom stereocenters. The molecule has 0 radical (unpaired) electrons. The molecule has 17 nitrogen and oxygen atoms in total. The van der Waals surface area contributed by atoms with Gasteiger partial charge in [-0.15, -0.1) is 39.8 Å². The number of aromatic nitrogens is 5. The van der Waals surface area contributed by atoms with Crippen molar-refractivity contribution in [3.63, 3.8) is 0 Å². The lowest BCUT2D eigenvalue weighted by Gasteiger charge is -2.49. The largest absolute Gasteiger partial charge is 0.497 e. The Morgan fingerprint density at radius 2 is 2.04 bits per heavy atom. The van der Waals surface area contributed by atoms with Gasteiger partial charge in [-0.25, -0.2) is 14.3 Å². The van der Waals surface area contributed by atoms with Crippen LogP contribution in [-0.4, -0.2) is 101 Å². The number of carbonyl (C=O) groups excluding carboxylic acids is 4. The minimum Gasteiger partial charge on any atom is -0.497 e. The third-order valence-corrected chi connectivity index (χ3v) is 10.2. The summed E-state index contributed by atoms with van der Waals surface area (Å²) in [7, 11) is 3.18. The minimum atomic E-state index is -1.40. The van der Waals surface area contributed by atoms with E-state index in [1.54, 1.807) is 31.3 Å². The SMILES string of the molecule is COc1ccc(COC(=O)NC(C(=O)N[C@@H]2C(=O)N3C(C(=O)O)=C(CSc4nnnn4C)CSC23)c2csc(=NC(=O)CCl)[nH]2)cc1. The standard InChI is InChI=1S/C26H26ClN9O8S3/c1-35-25(32-33-34-35)47-10-13-9-45-22-18(21(39)36(22)19(13)23(40)41)30-20(38)17(15-11-46-24(28-15)29-16(37)7-27)31-26(42)44-8-12-3-5-14(43-2)6-4-12/h3-6,11,17-18,22H,7-10H2,1-2H3,(H,30,38)(H,31,42)(H,40,41)(H,28,29,37)/t17?,18-,22?/m1/s1. The number of thioether (sulfide) groups is 2. The number of hydrogen-bond acceptors (Lipinski definition) is 13. The summed E-state index contributed by atoms with van der Waals surface area (Å²) >= 11 is 9.05. The van der Waals surface area contributed by atoms with Crippen LogP contribution in [0.1, 0.15) is 17.3 Å². The number of nitrogens with zero attached hydrogens (tertiary/aromatic N) is 6. The van der Waals surface area contributed by atoms with E-state index in [1.807, 2.05) is 0 Å². The van der Waals surface area contributed by atoms with Gasteiger partial charge in [-0.05, 0) is 33.7 Å². The summed E-state index contributed by atoms with van der Waals surface area (Å²) in [6, 6.07) is 4.32. The Kier molecular flexibility index (Phi) is 10.8. The Balaban J connectivity index is 1.30. The number of halogens is 1. The van der Waals surface area contributed by atoms with E-state index >= 15 is 0 Å². The highest BCUT2D eigenvalue weighted by atomic mass is 35.5. The summed E-state index contributed by atoms with van der Waals surface area (Å²) in [6.07, 6.45) is -0.944. The Hall–Kier alpha value is -4.40. The first-order chi connectivity index (χ1) is 22.6. The number of tetrazole rings is 1. The first-order valence-electron chi connectivity index (χ1n) is 13.5. The number of methoxy groups -OCH3 is 1. The number of rotatable bonds is 12. The van der Waals surface area contributed by atoms with E-state index in [1.165, 1.54) is 40.7 Å². The van der Waals surface area contributed by atoms with E-state index in [4.69, 9.17) is 21.1 Å². The van der Waals surface area contributed by atoms with Gasteiger partial charge in [0.25, 0.3) is 11.8 Å². The lowest BCUT2D eigenvalue weighted by atomic mass is 10.0. The van der Waals surface area contributed by atoms with Gasteiger partial charge in [0.15, 0.2) is 10.8 Å². The molecule has 4 amide bonds. The number of aromatic amines is 1. The number of carboxylic acid groups (broad SMARTS) is 1. The molecule has 2 unspecified atom stereocenters. The Bertz CT molecular complexity index is 1790. The molecule has 2 aliphatic heterocycles. The van der Waals surface area contributed by atoms with Crippen molar-refractivity contribution in [1.82, 2.24) is 40.7 Å². The summed E-state index contributed by atoms with van der Waals surface area (Å²) in [5, 5.41) is 27.5. The molecule has 47 heavy (non-hydrogen) atoms. The Morgan fingerprint density at radius 3 is 2.70 bits per heavy atom. The molecule has 5 rings (SSSR count). The van der Waals surface area contributed by atoms with Crippen LogP contribution >= 0.6 is 46.5 Å². The summed E-state index contributed by atoms with van der Waals surface area (Å²) in [6.45, 7) is -0.116. The molecule has 1 aromatic carbocycles.